The van der Waals surface area contributed by atoms with E-state index in [0.717, 1.165) is 28.6 Å². The molecule has 5 heteroatoms. The van der Waals surface area contributed by atoms with Crippen molar-refractivity contribution in [2.45, 2.75) is 44.1 Å². The van der Waals surface area contributed by atoms with Crippen molar-refractivity contribution >= 4 is 45.8 Å². The summed E-state index contributed by atoms with van der Waals surface area (Å²) in [6, 6.07) is 5.66. The van der Waals surface area contributed by atoms with E-state index in [1.165, 1.54) is 38.5 Å². The Morgan fingerprint density at radius 2 is 1.70 bits per heavy atom. The number of nitrogens with zero attached hydrogens (tertiary/aromatic N) is 1. The summed E-state index contributed by atoms with van der Waals surface area (Å²) >= 11 is 13.8. The summed E-state index contributed by atoms with van der Waals surface area (Å²) < 4.78 is 0. The fourth-order valence-corrected chi connectivity index (χ4v) is 6.04. The van der Waals surface area contributed by atoms with Crippen molar-refractivity contribution < 1.29 is 0 Å². The van der Waals surface area contributed by atoms with Crippen molar-refractivity contribution in [3.05, 3.63) is 28.2 Å². The van der Waals surface area contributed by atoms with Gasteiger partial charge in [-0.3, -0.25) is 4.99 Å². The van der Waals surface area contributed by atoms with Crippen LogP contribution in [0.3, 0.4) is 0 Å². The van der Waals surface area contributed by atoms with Crippen molar-refractivity contribution in [2.75, 3.05) is 11.6 Å². The third kappa shape index (κ3) is 3.25. The molecule has 23 heavy (non-hydrogen) atoms. The molecule has 4 aliphatic rings. The van der Waals surface area contributed by atoms with E-state index in [0.29, 0.717) is 10.0 Å². The lowest BCUT2D eigenvalue weighted by Crippen LogP contribution is -2.49. The molecule has 0 aromatic heterocycles. The van der Waals surface area contributed by atoms with Crippen LogP contribution in [0.2, 0.25) is 10.0 Å². The van der Waals surface area contributed by atoms with Crippen LogP contribution in [0.25, 0.3) is 0 Å². The maximum Gasteiger partial charge on any atom is 0.161 e. The van der Waals surface area contributed by atoms with Crippen LogP contribution >= 0.6 is 35.0 Å². The van der Waals surface area contributed by atoms with Gasteiger partial charge in [0.25, 0.3) is 0 Å². The first kappa shape index (κ1) is 16.1. The van der Waals surface area contributed by atoms with Gasteiger partial charge in [-0.1, -0.05) is 35.0 Å². The Labute approximate surface area is 152 Å². The van der Waals surface area contributed by atoms with Crippen LogP contribution in [-0.2, 0) is 0 Å². The first-order chi connectivity index (χ1) is 11.0. The Morgan fingerprint density at radius 3 is 2.22 bits per heavy atom. The molecule has 1 N–H and O–H groups in total. The predicted molar refractivity (Wildman–Crippen MR) is 102 cm³/mol. The zero-order valence-electron chi connectivity index (χ0n) is 13.3. The number of halogens is 2. The number of hydrogen-bond donors (Lipinski definition) is 1. The highest BCUT2D eigenvalue weighted by molar-refractivity contribution is 8.13. The minimum Gasteiger partial charge on any atom is -0.335 e. The van der Waals surface area contributed by atoms with Crippen LogP contribution in [0.1, 0.15) is 38.5 Å². The number of hydrogen-bond acceptors (Lipinski definition) is 2. The van der Waals surface area contributed by atoms with E-state index in [1.54, 1.807) is 11.8 Å². The highest BCUT2D eigenvalue weighted by Gasteiger charge is 2.51. The van der Waals surface area contributed by atoms with Crippen molar-refractivity contribution in [3.63, 3.8) is 0 Å². The van der Waals surface area contributed by atoms with Gasteiger partial charge in [0.15, 0.2) is 5.17 Å². The van der Waals surface area contributed by atoms with Gasteiger partial charge in [-0.05, 0) is 80.7 Å². The summed E-state index contributed by atoms with van der Waals surface area (Å²) in [5.74, 6) is 2.74. The molecule has 0 unspecified atom stereocenters. The second-order valence-corrected chi connectivity index (χ2v) is 9.13. The second kappa shape index (κ2) is 6.16. The average molecular weight is 369 g/mol. The SMILES string of the molecule is CSC(=NC12CC3CC(CC(C3)C1)C2)Nc1ccc(Cl)c(Cl)c1. The second-order valence-electron chi connectivity index (χ2n) is 7.52. The van der Waals surface area contributed by atoms with Crippen molar-refractivity contribution in [2.24, 2.45) is 22.7 Å². The molecule has 4 fully saturated rings. The van der Waals surface area contributed by atoms with Crippen LogP contribution in [0, 0.1) is 17.8 Å². The third-order valence-corrected chi connectivity index (χ3v) is 7.03. The minimum absolute atomic E-state index is 0.191. The fourth-order valence-electron chi connectivity index (χ4n) is 5.24. The first-order valence-electron chi connectivity index (χ1n) is 8.41. The molecule has 1 aromatic rings. The summed E-state index contributed by atoms with van der Waals surface area (Å²) in [7, 11) is 0. The van der Waals surface area contributed by atoms with E-state index in [9.17, 15) is 0 Å². The molecule has 0 saturated heterocycles. The summed E-state index contributed by atoms with van der Waals surface area (Å²) in [6.07, 6.45) is 10.3. The number of benzene rings is 1. The Balaban J connectivity index is 1.56. The molecular weight excluding hydrogens is 347 g/mol. The number of thioether (sulfide) groups is 1. The van der Waals surface area contributed by atoms with Gasteiger partial charge in [0, 0.05) is 5.69 Å². The summed E-state index contributed by atoms with van der Waals surface area (Å²) in [5, 5.41) is 5.61. The third-order valence-electron chi connectivity index (χ3n) is 5.71. The van der Waals surface area contributed by atoms with Gasteiger partial charge in [0.1, 0.15) is 0 Å². The Hall–Kier alpha value is -0.380. The zero-order valence-corrected chi connectivity index (χ0v) is 15.6. The minimum atomic E-state index is 0.191. The van der Waals surface area contributed by atoms with E-state index in [4.69, 9.17) is 28.2 Å². The topological polar surface area (TPSA) is 24.4 Å². The monoisotopic (exact) mass is 368 g/mol. The van der Waals surface area contributed by atoms with E-state index < -0.39 is 0 Å². The molecule has 124 valence electrons. The van der Waals surface area contributed by atoms with E-state index in [1.807, 2.05) is 18.2 Å². The van der Waals surface area contributed by atoms with Crippen molar-refractivity contribution in [3.8, 4) is 0 Å². The molecule has 4 saturated carbocycles. The lowest BCUT2D eigenvalue weighted by molar-refractivity contribution is 0.00184. The number of amidine groups is 1. The van der Waals surface area contributed by atoms with Crippen molar-refractivity contribution in [1.82, 2.24) is 0 Å². The quantitative estimate of drug-likeness (QED) is 0.504. The summed E-state index contributed by atoms with van der Waals surface area (Å²) in [5.41, 5.74) is 1.15. The maximum atomic E-state index is 6.12. The van der Waals surface area contributed by atoms with Crippen LogP contribution < -0.4 is 5.32 Å². The molecule has 0 aliphatic heterocycles. The molecule has 4 aliphatic carbocycles. The van der Waals surface area contributed by atoms with E-state index in [2.05, 4.69) is 11.6 Å². The highest BCUT2D eigenvalue weighted by Crippen LogP contribution is 2.57. The standard InChI is InChI=1S/C18H22Cl2N2S/c1-23-17(21-14-2-3-15(19)16(20)7-14)22-18-8-11-4-12(9-18)6-13(5-11)10-18/h2-3,7,11-13H,4-6,8-10H2,1H3,(H,21,22). The summed E-state index contributed by atoms with van der Waals surface area (Å²) in [6.45, 7) is 0. The molecular formula is C18H22Cl2N2S. The smallest absolute Gasteiger partial charge is 0.161 e. The number of rotatable bonds is 2. The lowest BCUT2D eigenvalue weighted by atomic mass is 9.53. The molecule has 0 heterocycles. The van der Waals surface area contributed by atoms with Crippen LogP contribution in [0.4, 0.5) is 5.69 Å². The molecule has 1 aromatic carbocycles. The molecule has 0 spiro atoms. The molecule has 0 radical (unpaired) electrons. The highest BCUT2D eigenvalue weighted by atomic mass is 35.5. The summed E-state index contributed by atoms with van der Waals surface area (Å²) in [4.78, 5) is 5.23. The van der Waals surface area contributed by atoms with E-state index in [-0.39, 0.29) is 5.54 Å². The largest absolute Gasteiger partial charge is 0.335 e. The van der Waals surface area contributed by atoms with Gasteiger partial charge in [-0.15, -0.1) is 0 Å². The van der Waals surface area contributed by atoms with Crippen LogP contribution in [0.15, 0.2) is 23.2 Å². The zero-order chi connectivity index (χ0) is 16.0. The van der Waals surface area contributed by atoms with Gasteiger partial charge in [0.2, 0.25) is 0 Å². The lowest BCUT2D eigenvalue weighted by Gasteiger charge is -2.55. The van der Waals surface area contributed by atoms with Gasteiger partial charge in [-0.25, -0.2) is 0 Å². The Kier molecular flexibility index (Phi) is 4.32. The fraction of sp³-hybridized carbons (Fsp3) is 0.611. The van der Waals surface area contributed by atoms with Crippen molar-refractivity contribution in [1.29, 1.82) is 0 Å². The van der Waals surface area contributed by atoms with Gasteiger partial charge in [0.05, 0.1) is 15.6 Å². The van der Waals surface area contributed by atoms with E-state index >= 15 is 0 Å². The molecule has 4 bridgehead atoms. The number of anilines is 1. The first-order valence-corrected chi connectivity index (χ1v) is 10.4. The molecule has 0 atom stereocenters. The number of aliphatic imine (C=N–C) groups is 1. The molecule has 5 rings (SSSR count). The maximum absolute atomic E-state index is 6.12. The average Bonchev–Trinajstić information content (AvgIpc) is 2.48. The number of nitrogens with one attached hydrogen (secondary N) is 1. The van der Waals surface area contributed by atoms with Crippen LogP contribution in [-0.4, -0.2) is 17.0 Å². The van der Waals surface area contributed by atoms with Crippen LogP contribution in [0.5, 0.6) is 0 Å². The van der Waals surface area contributed by atoms with Gasteiger partial charge >= 0.3 is 0 Å². The Bertz CT molecular complexity index is 609. The molecule has 2 nitrogen and oxygen atoms in total. The normalized spacial score (nSPS) is 35.6. The predicted octanol–water partition coefficient (Wildman–Crippen LogP) is 6.09. The molecule has 0 amide bonds. The van der Waals surface area contributed by atoms with Gasteiger partial charge < -0.3 is 5.32 Å². The Morgan fingerprint density at radius 1 is 1.09 bits per heavy atom. The van der Waals surface area contributed by atoms with Gasteiger partial charge in [-0.2, -0.15) is 0 Å².